The van der Waals surface area contributed by atoms with Gasteiger partial charge in [0.05, 0.1) is 13.2 Å². The van der Waals surface area contributed by atoms with E-state index in [1.807, 2.05) is 13.0 Å². The van der Waals surface area contributed by atoms with E-state index in [-0.39, 0.29) is 24.4 Å². The molecule has 1 amide bonds. The molecule has 1 N–H and O–H groups in total. The van der Waals surface area contributed by atoms with Gasteiger partial charge in [0.1, 0.15) is 12.4 Å². The van der Waals surface area contributed by atoms with Crippen molar-refractivity contribution in [3.63, 3.8) is 0 Å². The van der Waals surface area contributed by atoms with Gasteiger partial charge in [-0.25, -0.2) is 4.39 Å². The number of hydrogen-bond donors (Lipinski definition) is 1. The Kier molecular flexibility index (Phi) is 6.80. The van der Waals surface area contributed by atoms with Crippen molar-refractivity contribution in [1.29, 1.82) is 0 Å². The van der Waals surface area contributed by atoms with Gasteiger partial charge in [-0.2, -0.15) is 0 Å². The van der Waals surface area contributed by atoms with E-state index < -0.39 is 0 Å². The summed E-state index contributed by atoms with van der Waals surface area (Å²) in [6.07, 6.45) is 1.94. The van der Waals surface area contributed by atoms with Crippen LogP contribution in [0.4, 0.5) is 10.1 Å². The van der Waals surface area contributed by atoms with Gasteiger partial charge in [0.25, 0.3) is 0 Å². The predicted molar refractivity (Wildman–Crippen MR) is 87.2 cm³/mol. The van der Waals surface area contributed by atoms with E-state index in [0.717, 1.165) is 37.2 Å². The average molecular weight is 324 g/mol. The number of piperidine rings is 1. The van der Waals surface area contributed by atoms with Crippen LogP contribution < -0.4 is 10.2 Å². The monoisotopic (exact) mass is 324 g/mol. The van der Waals surface area contributed by atoms with Crippen molar-refractivity contribution in [2.75, 3.05) is 44.9 Å². The van der Waals surface area contributed by atoms with E-state index in [1.54, 1.807) is 13.2 Å². The molecule has 1 aliphatic rings. The molecular weight excluding hydrogens is 299 g/mol. The Morgan fingerprint density at radius 3 is 3.00 bits per heavy atom. The fraction of sp³-hybridized carbons (Fsp3) is 0.588. The third kappa shape index (κ3) is 5.48. The van der Waals surface area contributed by atoms with Gasteiger partial charge in [0, 0.05) is 31.9 Å². The Labute approximate surface area is 136 Å². The second-order valence-electron chi connectivity index (χ2n) is 5.83. The number of halogens is 1. The Morgan fingerprint density at radius 2 is 2.26 bits per heavy atom. The molecular formula is C17H25FN2O3. The molecule has 23 heavy (non-hydrogen) atoms. The average Bonchev–Trinajstić information content (AvgIpc) is 2.52. The molecule has 0 aromatic heterocycles. The lowest BCUT2D eigenvalue weighted by Crippen LogP contribution is -2.48. The minimum Gasteiger partial charge on any atom is -0.382 e. The number of hydrogen-bond acceptors (Lipinski definition) is 4. The van der Waals surface area contributed by atoms with E-state index in [1.165, 1.54) is 6.07 Å². The molecule has 1 saturated heterocycles. The summed E-state index contributed by atoms with van der Waals surface area (Å²) in [5, 5.41) is 3.01. The molecule has 1 unspecified atom stereocenters. The van der Waals surface area contributed by atoms with Crippen LogP contribution in [-0.4, -0.2) is 52.0 Å². The second-order valence-corrected chi connectivity index (χ2v) is 5.83. The molecule has 1 fully saturated rings. The first kappa shape index (κ1) is 17.7. The molecule has 0 saturated carbocycles. The summed E-state index contributed by atoms with van der Waals surface area (Å²) in [4.78, 5) is 14.1. The highest BCUT2D eigenvalue weighted by atomic mass is 19.1. The number of benzene rings is 1. The molecule has 0 radical (unpaired) electrons. The van der Waals surface area contributed by atoms with Crippen molar-refractivity contribution in [3.05, 3.63) is 29.6 Å². The highest BCUT2D eigenvalue weighted by Gasteiger charge is 2.22. The van der Waals surface area contributed by atoms with Gasteiger partial charge in [0.2, 0.25) is 5.91 Å². The topological polar surface area (TPSA) is 50.8 Å². The number of carbonyl (C=O) groups excluding carboxylic acids is 1. The number of carbonyl (C=O) groups is 1. The molecule has 1 atom stereocenters. The first-order valence-corrected chi connectivity index (χ1v) is 7.97. The van der Waals surface area contributed by atoms with Crippen molar-refractivity contribution in [3.8, 4) is 0 Å². The zero-order chi connectivity index (χ0) is 16.7. The fourth-order valence-corrected chi connectivity index (χ4v) is 2.86. The summed E-state index contributed by atoms with van der Waals surface area (Å²) in [5.41, 5.74) is 1.95. The van der Waals surface area contributed by atoms with Crippen LogP contribution in [0, 0.1) is 12.7 Å². The minimum atomic E-state index is -0.221. The molecule has 0 spiro atoms. The fourth-order valence-electron chi connectivity index (χ4n) is 2.86. The number of nitrogens with zero attached hydrogens (tertiary/aromatic N) is 1. The SMILES string of the molecule is COCCOCC(=O)NC1CCCN(c2ccc(F)cc2C)C1. The van der Waals surface area contributed by atoms with Crippen LogP contribution in [0.5, 0.6) is 0 Å². The van der Waals surface area contributed by atoms with E-state index in [9.17, 15) is 9.18 Å². The van der Waals surface area contributed by atoms with Gasteiger partial charge in [-0.1, -0.05) is 0 Å². The summed E-state index contributed by atoms with van der Waals surface area (Å²) in [6, 6.07) is 4.92. The maximum Gasteiger partial charge on any atom is 0.246 e. The van der Waals surface area contributed by atoms with Crippen LogP contribution in [0.25, 0.3) is 0 Å². The molecule has 6 heteroatoms. The predicted octanol–water partition coefficient (Wildman–Crippen LogP) is 1.88. The highest BCUT2D eigenvalue weighted by molar-refractivity contribution is 5.77. The largest absolute Gasteiger partial charge is 0.382 e. The molecule has 1 aliphatic heterocycles. The second kappa shape index (κ2) is 8.84. The molecule has 5 nitrogen and oxygen atoms in total. The molecule has 1 heterocycles. The first-order valence-electron chi connectivity index (χ1n) is 7.97. The van der Waals surface area contributed by atoms with Crippen molar-refractivity contribution in [1.82, 2.24) is 5.32 Å². The van der Waals surface area contributed by atoms with Crippen molar-refractivity contribution in [2.45, 2.75) is 25.8 Å². The van der Waals surface area contributed by atoms with Crippen LogP contribution in [0.1, 0.15) is 18.4 Å². The number of amides is 1. The Bertz CT molecular complexity index is 525. The summed E-state index contributed by atoms with van der Waals surface area (Å²) in [6.45, 7) is 4.50. The van der Waals surface area contributed by atoms with Crippen LogP contribution in [0.3, 0.4) is 0 Å². The van der Waals surface area contributed by atoms with Crippen LogP contribution in [-0.2, 0) is 14.3 Å². The maximum absolute atomic E-state index is 13.2. The number of anilines is 1. The smallest absolute Gasteiger partial charge is 0.246 e. The van der Waals surface area contributed by atoms with E-state index in [0.29, 0.717) is 13.2 Å². The summed E-state index contributed by atoms with van der Waals surface area (Å²) < 4.78 is 23.3. The third-order valence-corrected chi connectivity index (χ3v) is 3.95. The van der Waals surface area contributed by atoms with Gasteiger partial charge in [-0.05, 0) is 43.5 Å². The van der Waals surface area contributed by atoms with Crippen molar-refractivity contribution in [2.24, 2.45) is 0 Å². The zero-order valence-electron chi connectivity index (χ0n) is 13.8. The van der Waals surface area contributed by atoms with Crippen LogP contribution >= 0.6 is 0 Å². The maximum atomic E-state index is 13.2. The molecule has 1 aromatic carbocycles. The molecule has 0 bridgehead atoms. The van der Waals surface area contributed by atoms with E-state index >= 15 is 0 Å². The lowest BCUT2D eigenvalue weighted by Gasteiger charge is -2.35. The molecule has 0 aliphatic carbocycles. The van der Waals surface area contributed by atoms with Crippen LogP contribution in [0.15, 0.2) is 18.2 Å². The number of nitrogens with one attached hydrogen (secondary N) is 1. The number of ether oxygens (including phenoxy) is 2. The summed E-state index contributed by atoms with van der Waals surface area (Å²) in [7, 11) is 1.59. The Balaban J connectivity index is 1.84. The van der Waals surface area contributed by atoms with Crippen molar-refractivity contribution >= 4 is 11.6 Å². The van der Waals surface area contributed by atoms with Gasteiger partial charge in [0.15, 0.2) is 0 Å². The number of rotatable bonds is 7. The normalized spacial score (nSPS) is 18.0. The van der Waals surface area contributed by atoms with Gasteiger partial charge >= 0.3 is 0 Å². The Hall–Kier alpha value is -1.66. The van der Waals surface area contributed by atoms with Crippen LogP contribution in [0.2, 0.25) is 0 Å². The quantitative estimate of drug-likeness (QED) is 0.778. The standard InChI is InChI=1S/C17H25FN2O3/c1-13-10-14(18)5-6-16(13)20-7-3-4-15(11-20)19-17(21)12-23-9-8-22-2/h5-6,10,15H,3-4,7-9,11-12H2,1-2H3,(H,19,21). The summed E-state index contributed by atoms with van der Waals surface area (Å²) in [5.74, 6) is -0.329. The number of methoxy groups -OCH3 is 1. The zero-order valence-corrected chi connectivity index (χ0v) is 13.8. The van der Waals surface area contributed by atoms with E-state index in [4.69, 9.17) is 9.47 Å². The molecule has 128 valence electrons. The molecule has 1 aromatic rings. The van der Waals surface area contributed by atoms with Crippen molar-refractivity contribution < 1.29 is 18.7 Å². The first-order chi connectivity index (χ1) is 11.1. The highest BCUT2D eigenvalue weighted by Crippen LogP contribution is 2.24. The lowest BCUT2D eigenvalue weighted by molar-refractivity contribution is -0.126. The third-order valence-electron chi connectivity index (χ3n) is 3.95. The van der Waals surface area contributed by atoms with E-state index in [2.05, 4.69) is 10.2 Å². The Morgan fingerprint density at radius 1 is 1.43 bits per heavy atom. The lowest BCUT2D eigenvalue weighted by atomic mass is 10.0. The van der Waals surface area contributed by atoms with Gasteiger partial charge < -0.3 is 19.7 Å². The molecule has 2 rings (SSSR count). The minimum absolute atomic E-state index is 0.0510. The van der Waals surface area contributed by atoms with Gasteiger partial charge in [-0.15, -0.1) is 0 Å². The summed E-state index contributed by atoms with van der Waals surface area (Å²) >= 11 is 0. The van der Waals surface area contributed by atoms with Gasteiger partial charge in [-0.3, -0.25) is 4.79 Å². The number of aryl methyl sites for hydroxylation is 1.